The van der Waals surface area contributed by atoms with Gasteiger partial charge in [0.2, 0.25) is 5.96 Å². The van der Waals surface area contributed by atoms with Crippen LogP contribution in [-0.2, 0) is 9.47 Å². The van der Waals surface area contributed by atoms with E-state index in [1.54, 1.807) is 14.2 Å². The second-order valence-corrected chi connectivity index (χ2v) is 3.47. The molecule has 0 saturated heterocycles. The van der Waals surface area contributed by atoms with Gasteiger partial charge >= 0.3 is 0 Å². The van der Waals surface area contributed by atoms with Crippen LogP contribution in [0.15, 0.2) is 4.99 Å². The largest absolute Gasteiger partial charge is 0.383 e. The molecule has 0 heterocycles. The minimum Gasteiger partial charge on any atom is -0.383 e. The maximum absolute atomic E-state index is 5.46. The molecule has 0 aromatic rings. The molecule has 6 nitrogen and oxygen atoms in total. The van der Waals surface area contributed by atoms with Gasteiger partial charge in [0.1, 0.15) is 0 Å². The van der Waals surface area contributed by atoms with Crippen LogP contribution in [-0.4, -0.2) is 57.4 Å². The van der Waals surface area contributed by atoms with Crippen molar-refractivity contribution in [3.8, 4) is 0 Å². The van der Waals surface area contributed by atoms with E-state index in [1.807, 2.05) is 18.7 Å². The van der Waals surface area contributed by atoms with E-state index in [9.17, 15) is 0 Å². The molecule has 0 aliphatic rings. The summed E-state index contributed by atoms with van der Waals surface area (Å²) in [4.78, 5) is 6.46. The average molecular weight is 232 g/mol. The maximum atomic E-state index is 5.46. The first-order valence-corrected chi connectivity index (χ1v) is 5.46. The SMILES string of the molecule is CCN(CCOC)C(=NC(C)COC)NN. The van der Waals surface area contributed by atoms with Gasteiger partial charge in [0.05, 0.1) is 19.3 Å². The Hall–Kier alpha value is -0.850. The van der Waals surface area contributed by atoms with Crippen LogP contribution < -0.4 is 11.3 Å². The quantitative estimate of drug-likeness (QED) is 0.275. The summed E-state index contributed by atoms with van der Waals surface area (Å²) in [5.74, 6) is 6.13. The number of likely N-dealkylation sites (N-methyl/N-ethyl adjacent to an activating group) is 1. The highest BCUT2D eigenvalue weighted by atomic mass is 16.5. The predicted molar refractivity (Wildman–Crippen MR) is 65.2 cm³/mol. The lowest BCUT2D eigenvalue weighted by atomic mass is 10.4. The van der Waals surface area contributed by atoms with Crippen LogP contribution in [0, 0.1) is 0 Å². The van der Waals surface area contributed by atoms with Crippen LogP contribution in [0.4, 0.5) is 0 Å². The Balaban J connectivity index is 4.40. The van der Waals surface area contributed by atoms with Gasteiger partial charge in [-0.15, -0.1) is 0 Å². The van der Waals surface area contributed by atoms with E-state index in [2.05, 4.69) is 10.4 Å². The molecule has 0 aliphatic heterocycles. The number of rotatable bonds is 7. The van der Waals surface area contributed by atoms with Gasteiger partial charge in [0.15, 0.2) is 0 Å². The zero-order valence-electron chi connectivity index (χ0n) is 10.7. The van der Waals surface area contributed by atoms with E-state index in [4.69, 9.17) is 15.3 Å². The summed E-state index contributed by atoms with van der Waals surface area (Å²) in [6, 6.07) is 0.0765. The molecule has 0 spiro atoms. The van der Waals surface area contributed by atoms with Crippen LogP contribution in [0.1, 0.15) is 13.8 Å². The number of hydrogen-bond acceptors (Lipinski definition) is 4. The lowest BCUT2D eigenvalue weighted by Gasteiger charge is -2.24. The number of hydrazine groups is 1. The molecule has 0 amide bonds. The summed E-state index contributed by atoms with van der Waals surface area (Å²) in [6.07, 6.45) is 0. The Morgan fingerprint density at radius 1 is 1.44 bits per heavy atom. The molecular weight excluding hydrogens is 208 g/mol. The number of aliphatic imine (C=N–C) groups is 1. The lowest BCUT2D eigenvalue weighted by molar-refractivity contribution is 0.173. The van der Waals surface area contributed by atoms with Crippen LogP contribution >= 0.6 is 0 Å². The molecule has 0 radical (unpaired) electrons. The molecule has 0 fully saturated rings. The lowest BCUT2D eigenvalue weighted by Crippen LogP contribution is -2.46. The third kappa shape index (κ3) is 5.89. The fraction of sp³-hybridized carbons (Fsp3) is 0.900. The first kappa shape index (κ1) is 15.2. The minimum absolute atomic E-state index is 0.0765. The molecule has 1 unspecified atom stereocenters. The van der Waals surface area contributed by atoms with Crippen LogP contribution in [0.25, 0.3) is 0 Å². The molecule has 0 saturated carbocycles. The smallest absolute Gasteiger partial charge is 0.208 e. The number of nitrogens with zero attached hydrogens (tertiary/aromatic N) is 2. The summed E-state index contributed by atoms with van der Waals surface area (Å²) >= 11 is 0. The molecule has 0 aliphatic carbocycles. The van der Waals surface area contributed by atoms with E-state index in [0.29, 0.717) is 19.2 Å². The molecule has 6 heteroatoms. The zero-order valence-corrected chi connectivity index (χ0v) is 10.7. The zero-order chi connectivity index (χ0) is 12.4. The van der Waals surface area contributed by atoms with E-state index < -0.39 is 0 Å². The highest BCUT2D eigenvalue weighted by molar-refractivity contribution is 5.79. The minimum atomic E-state index is 0.0765. The van der Waals surface area contributed by atoms with E-state index in [-0.39, 0.29) is 6.04 Å². The highest BCUT2D eigenvalue weighted by Crippen LogP contribution is 1.95. The first-order valence-electron chi connectivity index (χ1n) is 5.46. The van der Waals surface area contributed by atoms with E-state index in [0.717, 1.165) is 13.1 Å². The number of methoxy groups -OCH3 is 2. The Morgan fingerprint density at radius 3 is 2.56 bits per heavy atom. The molecule has 16 heavy (non-hydrogen) atoms. The average Bonchev–Trinajstić information content (AvgIpc) is 2.28. The van der Waals surface area contributed by atoms with Gasteiger partial charge in [-0.2, -0.15) is 0 Å². The summed E-state index contributed by atoms with van der Waals surface area (Å²) in [5, 5.41) is 0. The van der Waals surface area contributed by atoms with Crippen molar-refractivity contribution in [3.63, 3.8) is 0 Å². The molecule has 3 N–H and O–H groups in total. The molecule has 1 atom stereocenters. The molecule has 0 bridgehead atoms. The summed E-state index contributed by atoms with van der Waals surface area (Å²) in [6.45, 7) is 6.83. The standard InChI is InChI=1S/C10H24N4O2/c1-5-14(6-7-15-3)10(13-11)12-9(2)8-16-4/h9H,5-8,11H2,1-4H3,(H,12,13). The molecular formula is C10H24N4O2. The molecule has 0 aromatic carbocycles. The Bertz CT molecular complexity index is 199. The second-order valence-electron chi connectivity index (χ2n) is 3.47. The van der Waals surface area contributed by atoms with Gasteiger partial charge in [0.25, 0.3) is 0 Å². The van der Waals surface area contributed by atoms with Crippen molar-refractivity contribution in [2.75, 3.05) is 40.5 Å². The van der Waals surface area contributed by atoms with Crippen molar-refractivity contribution < 1.29 is 9.47 Å². The van der Waals surface area contributed by atoms with Crippen molar-refractivity contribution in [2.45, 2.75) is 19.9 Å². The van der Waals surface area contributed by atoms with Gasteiger partial charge in [-0.3, -0.25) is 5.43 Å². The van der Waals surface area contributed by atoms with Gasteiger partial charge in [0, 0.05) is 27.3 Å². The van der Waals surface area contributed by atoms with Crippen molar-refractivity contribution in [3.05, 3.63) is 0 Å². The number of nitrogens with one attached hydrogen (secondary N) is 1. The normalized spacial score (nSPS) is 13.7. The van der Waals surface area contributed by atoms with Gasteiger partial charge in [-0.25, -0.2) is 10.8 Å². The Kier molecular flexibility index (Phi) is 8.88. The maximum Gasteiger partial charge on any atom is 0.208 e. The second kappa shape index (κ2) is 9.38. The molecule has 0 rings (SSSR count). The monoisotopic (exact) mass is 232 g/mol. The van der Waals surface area contributed by atoms with E-state index in [1.165, 1.54) is 0 Å². The van der Waals surface area contributed by atoms with Gasteiger partial charge in [-0.1, -0.05) is 0 Å². The third-order valence-electron chi connectivity index (χ3n) is 2.13. The Labute approximate surface area is 97.8 Å². The number of nitrogens with two attached hydrogens (primary N) is 1. The van der Waals surface area contributed by atoms with Gasteiger partial charge in [-0.05, 0) is 13.8 Å². The van der Waals surface area contributed by atoms with Crippen molar-refractivity contribution in [1.29, 1.82) is 0 Å². The van der Waals surface area contributed by atoms with Crippen LogP contribution in [0.3, 0.4) is 0 Å². The fourth-order valence-electron chi connectivity index (χ4n) is 1.31. The van der Waals surface area contributed by atoms with Crippen molar-refractivity contribution in [2.24, 2.45) is 10.8 Å². The number of guanidine groups is 1. The van der Waals surface area contributed by atoms with Crippen molar-refractivity contribution in [1.82, 2.24) is 10.3 Å². The third-order valence-corrected chi connectivity index (χ3v) is 2.13. The predicted octanol–water partition coefficient (Wildman–Crippen LogP) is -0.191. The van der Waals surface area contributed by atoms with E-state index >= 15 is 0 Å². The first-order chi connectivity index (χ1) is 7.69. The highest BCUT2D eigenvalue weighted by Gasteiger charge is 2.09. The summed E-state index contributed by atoms with van der Waals surface area (Å²) in [5.41, 5.74) is 2.62. The Morgan fingerprint density at radius 2 is 2.12 bits per heavy atom. The topological polar surface area (TPSA) is 72.1 Å². The van der Waals surface area contributed by atoms with Crippen LogP contribution in [0.2, 0.25) is 0 Å². The molecule has 0 aromatic heterocycles. The summed E-state index contributed by atoms with van der Waals surface area (Å²) in [7, 11) is 3.33. The molecule has 96 valence electrons. The number of hydrogen-bond donors (Lipinski definition) is 2. The van der Waals surface area contributed by atoms with Gasteiger partial charge < -0.3 is 14.4 Å². The fourth-order valence-corrected chi connectivity index (χ4v) is 1.31. The van der Waals surface area contributed by atoms with Crippen molar-refractivity contribution >= 4 is 5.96 Å². The summed E-state index contributed by atoms with van der Waals surface area (Å²) < 4.78 is 10.1. The van der Waals surface area contributed by atoms with Crippen LogP contribution in [0.5, 0.6) is 0 Å². The number of ether oxygens (including phenoxy) is 2.